The van der Waals surface area contributed by atoms with Crippen molar-refractivity contribution in [2.24, 2.45) is 0 Å². The topological polar surface area (TPSA) is 72.9 Å². The fourth-order valence-electron chi connectivity index (χ4n) is 2.55. The number of anilines is 1. The van der Waals surface area contributed by atoms with Crippen molar-refractivity contribution < 1.29 is 0 Å². The molecular formula is C19H24N6S. The minimum absolute atomic E-state index is 0.401. The molecule has 3 aromatic rings. The third kappa shape index (κ3) is 4.03. The number of unbranched alkanes of at least 4 members (excludes halogenated alkanes) is 2. The second-order valence-corrected chi connectivity index (χ2v) is 7.33. The summed E-state index contributed by atoms with van der Waals surface area (Å²) in [5, 5.41) is 2.01. The molecule has 0 amide bonds. The van der Waals surface area contributed by atoms with E-state index in [0.717, 1.165) is 42.9 Å². The maximum atomic E-state index is 6.20. The average molecular weight is 369 g/mol. The zero-order valence-electron chi connectivity index (χ0n) is 15.5. The van der Waals surface area contributed by atoms with Crippen LogP contribution in [-0.2, 0) is 6.54 Å². The van der Waals surface area contributed by atoms with E-state index in [4.69, 9.17) is 10.7 Å². The Morgan fingerprint density at radius 3 is 2.81 bits per heavy atom. The molecule has 0 spiro atoms. The van der Waals surface area contributed by atoms with Crippen molar-refractivity contribution in [3.63, 3.8) is 0 Å². The van der Waals surface area contributed by atoms with E-state index in [9.17, 15) is 0 Å². The maximum Gasteiger partial charge on any atom is 0.187 e. The smallest absolute Gasteiger partial charge is 0.187 e. The van der Waals surface area contributed by atoms with Crippen molar-refractivity contribution in [2.75, 3.05) is 26.4 Å². The lowest BCUT2D eigenvalue weighted by atomic mass is 10.2. The molecule has 2 N–H and O–H groups in total. The molecule has 3 rings (SSSR count). The molecule has 0 aliphatic carbocycles. The van der Waals surface area contributed by atoms with Gasteiger partial charge in [0.2, 0.25) is 0 Å². The number of hydrogen-bond acceptors (Lipinski definition) is 6. The molecule has 3 heterocycles. The van der Waals surface area contributed by atoms with Crippen LogP contribution in [0, 0.1) is 11.8 Å². The summed E-state index contributed by atoms with van der Waals surface area (Å²) >= 11 is 1.60. The molecule has 0 radical (unpaired) electrons. The van der Waals surface area contributed by atoms with Gasteiger partial charge in [0.25, 0.3) is 0 Å². The van der Waals surface area contributed by atoms with E-state index in [1.165, 1.54) is 0 Å². The predicted octanol–water partition coefficient (Wildman–Crippen LogP) is 3.24. The first-order valence-electron chi connectivity index (χ1n) is 8.81. The van der Waals surface area contributed by atoms with Crippen LogP contribution in [0.5, 0.6) is 0 Å². The van der Waals surface area contributed by atoms with Gasteiger partial charge < -0.3 is 15.2 Å². The van der Waals surface area contributed by atoms with Crippen LogP contribution in [-0.4, -0.2) is 45.1 Å². The van der Waals surface area contributed by atoms with Gasteiger partial charge in [0, 0.05) is 19.5 Å². The Kier molecular flexibility index (Phi) is 5.86. The van der Waals surface area contributed by atoms with Gasteiger partial charge in [-0.15, -0.1) is 11.3 Å². The molecule has 3 aromatic heterocycles. The molecule has 6 nitrogen and oxygen atoms in total. The maximum absolute atomic E-state index is 6.20. The first kappa shape index (κ1) is 18.4. The van der Waals surface area contributed by atoms with Crippen molar-refractivity contribution in [2.45, 2.75) is 32.7 Å². The van der Waals surface area contributed by atoms with Gasteiger partial charge in [-0.25, -0.2) is 15.0 Å². The van der Waals surface area contributed by atoms with Gasteiger partial charge in [-0.2, -0.15) is 0 Å². The molecule has 0 aliphatic rings. The van der Waals surface area contributed by atoms with Gasteiger partial charge in [-0.3, -0.25) is 0 Å². The van der Waals surface area contributed by atoms with Crippen molar-refractivity contribution in [1.29, 1.82) is 0 Å². The minimum atomic E-state index is 0.401. The highest BCUT2D eigenvalue weighted by Gasteiger charge is 2.17. The van der Waals surface area contributed by atoms with Crippen LogP contribution < -0.4 is 5.73 Å². The third-order valence-corrected chi connectivity index (χ3v) is 4.86. The minimum Gasteiger partial charge on any atom is -0.382 e. The van der Waals surface area contributed by atoms with E-state index in [2.05, 4.69) is 38.2 Å². The number of nitrogen functional groups attached to an aromatic ring is 1. The van der Waals surface area contributed by atoms with Gasteiger partial charge in [0.1, 0.15) is 0 Å². The molecule has 0 atom stereocenters. The SMILES string of the molecule is CCCCC#Cc1nc2c(N)nc(-c3cccs3)nc2n1CCN(C)C. The van der Waals surface area contributed by atoms with Crippen LogP contribution in [0.3, 0.4) is 0 Å². The number of aromatic nitrogens is 4. The van der Waals surface area contributed by atoms with Gasteiger partial charge in [-0.1, -0.05) is 25.3 Å². The highest BCUT2D eigenvalue weighted by molar-refractivity contribution is 7.13. The zero-order chi connectivity index (χ0) is 18.5. The van der Waals surface area contributed by atoms with Gasteiger partial charge in [0.05, 0.1) is 4.88 Å². The molecular weight excluding hydrogens is 344 g/mol. The monoisotopic (exact) mass is 368 g/mol. The summed E-state index contributed by atoms with van der Waals surface area (Å²) in [5.41, 5.74) is 7.58. The molecule has 0 aromatic carbocycles. The lowest BCUT2D eigenvalue weighted by Gasteiger charge is -2.11. The number of hydrogen-bond donors (Lipinski definition) is 1. The van der Waals surface area contributed by atoms with Crippen LogP contribution in [0.4, 0.5) is 5.82 Å². The fraction of sp³-hybridized carbons (Fsp3) is 0.421. The Hall–Kier alpha value is -2.43. The number of rotatable bonds is 6. The molecule has 0 aliphatic heterocycles. The summed E-state index contributed by atoms with van der Waals surface area (Å²) in [6, 6.07) is 3.98. The number of nitrogens with zero attached hydrogens (tertiary/aromatic N) is 5. The van der Waals surface area contributed by atoms with Gasteiger partial charge >= 0.3 is 0 Å². The van der Waals surface area contributed by atoms with Gasteiger partial charge in [-0.05, 0) is 37.9 Å². The summed E-state index contributed by atoms with van der Waals surface area (Å²) < 4.78 is 2.06. The lowest BCUT2D eigenvalue weighted by molar-refractivity contribution is 0.385. The molecule has 0 unspecified atom stereocenters. The molecule has 136 valence electrons. The van der Waals surface area contributed by atoms with Crippen molar-refractivity contribution >= 4 is 28.3 Å². The number of thiophene rings is 1. The summed E-state index contributed by atoms with van der Waals surface area (Å²) in [7, 11) is 4.10. The number of fused-ring (bicyclic) bond motifs is 1. The van der Waals surface area contributed by atoms with Crippen molar-refractivity contribution in [3.05, 3.63) is 23.3 Å². The first-order chi connectivity index (χ1) is 12.6. The Balaban J connectivity index is 2.08. The van der Waals surface area contributed by atoms with E-state index in [-0.39, 0.29) is 0 Å². The highest BCUT2D eigenvalue weighted by Crippen LogP contribution is 2.26. The number of nitrogens with two attached hydrogens (primary N) is 1. The summed E-state index contributed by atoms with van der Waals surface area (Å²) in [5.74, 6) is 8.18. The van der Waals surface area contributed by atoms with Gasteiger partial charge in [0.15, 0.2) is 28.6 Å². The standard InChI is InChI=1S/C19H24N6S/c1-4-5-6-7-10-15-21-16-17(20)22-18(14-9-8-13-26-14)23-19(16)25(15)12-11-24(2)3/h8-9,13H,4-6,11-12H2,1-3H3,(H2,20,22,23). The molecule has 26 heavy (non-hydrogen) atoms. The predicted molar refractivity (Wildman–Crippen MR) is 108 cm³/mol. The van der Waals surface area contributed by atoms with Crippen molar-refractivity contribution in [3.8, 4) is 22.5 Å². The Morgan fingerprint density at radius 2 is 2.12 bits per heavy atom. The van der Waals surface area contributed by atoms with E-state index in [1.807, 2.05) is 31.6 Å². The number of imidazole rings is 1. The average Bonchev–Trinajstić information content (AvgIpc) is 3.25. The summed E-state index contributed by atoms with van der Waals surface area (Å²) in [4.78, 5) is 17.0. The Bertz CT molecular complexity index is 930. The third-order valence-electron chi connectivity index (χ3n) is 3.99. The molecule has 0 saturated carbocycles. The van der Waals surface area contributed by atoms with Crippen LogP contribution in [0.1, 0.15) is 32.0 Å². The second-order valence-electron chi connectivity index (χ2n) is 6.38. The fourth-order valence-corrected chi connectivity index (χ4v) is 3.21. The molecule has 7 heteroatoms. The Morgan fingerprint density at radius 1 is 1.27 bits per heavy atom. The normalized spacial score (nSPS) is 11.1. The van der Waals surface area contributed by atoms with E-state index in [1.54, 1.807) is 11.3 Å². The first-order valence-corrected chi connectivity index (χ1v) is 9.69. The Labute approximate surface area is 158 Å². The van der Waals surface area contributed by atoms with Crippen LogP contribution >= 0.6 is 11.3 Å². The van der Waals surface area contributed by atoms with Crippen LogP contribution in [0.25, 0.3) is 21.9 Å². The summed E-state index contributed by atoms with van der Waals surface area (Å²) in [6.07, 6.45) is 3.10. The van der Waals surface area contributed by atoms with Crippen molar-refractivity contribution in [1.82, 2.24) is 24.4 Å². The quantitative estimate of drug-likeness (QED) is 0.534. The molecule has 0 fully saturated rings. The lowest BCUT2D eigenvalue weighted by Crippen LogP contribution is -2.19. The molecule has 0 bridgehead atoms. The highest BCUT2D eigenvalue weighted by atomic mass is 32.1. The van der Waals surface area contributed by atoms with E-state index >= 15 is 0 Å². The largest absolute Gasteiger partial charge is 0.382 e. The van der Waals surface area contributed by atoms with Crippen LogP contribution in [0.15, 0.2) is 17.5 Å². The zero-order valence-corrected chi connectivity index (χ0v) is 16.3. The number of likely N-dealkylation sites (N-methyl/N-ethyl adjacent to an activating group) is 1. The van der Waals surface area contributed by atoms with E-state index in [0.29, 0.717) is 23.0 Å². The van der Waals surface area contributed by atoms with E-state index < -0.39 is 0 Å². The van der Waals surface area contributed by atoms with Crippen LogP contribution in [0.2, 0.25) is 0 Å². The molecule has 0 saturated heterocycles. The second kappa shape index (κ2) is 8.30. The summed E-state index contributed by atoms with van der Waals surface area (Å²) in [6.45, 7) is 3.78.